The van der Waals surface area contributed by atoms with Crippen molar-refractivity contribution in [3.8, 4) is 0 Å². The van der Waals surface area contributed by atoms with Gasteiger partial charge in [-0.15, -0.1) is 0 Å². The Morgan fingerprint density at radius 1 is 0.726 bits per heavy atom. The fraction of sp³-hybridized carbons (Fsp3) is 0.628. The molecule has 0 radical (unpaired) electrons. The molecule has 0 saturated heterocycles. The Bertz CT molecular complexity index is 1800. The molecule has 346 valence electrons. The van der Waals surface area contributed by atoms with Crippen LogP contribution in [-0.2, 0) is 40.0 Å². The van der Waals surface area contributed by atoms with Crippen LogP contribution >= 0.6 is 0 Å². The maximum atomic E-state index is 14.5. The highest BCUT2D eigenvalue weighted by Crippen LogP contribution is 2.20. The number of aldehydes is 1. The Kier molecular flexibility index (Phi) is 23.2. The molecule has 2 rings (SSSR count). The monoisotopic (exact) mass is 869 g/mol. The van der Waals surface area contributed by atoms with Crippen LogP contribution in [0.2, 0.25) is 0 Å². The molecule has 1 heterocycles. The van der Waals surface area contributed by atoms with Gasteiger partial charge >= 0.3 is 0 Å². The van der Waals surface area contributed by atoms with E-state index >= 15 is 0 Å². The lowest BCUT2D eigenvalue weighted by atomic mass is 9.94. The van der Waals surface area contributed by atoms with Crippen LogP contribution in [0.4, 0.5) is 0 Å². The van der Waals surface area contributed by atoms with E-state index in [1.54, 1.807) is 20.0 Å². The Labute approximate surface area is 365 Å². The van der Waals surface area contributed by atoms with Gasteiger partial charge in [-0.2, -0.15) is 0 Å². The molecule has 0 spiro atoms. The highest BCUT2D eigenvalue weighted by atomic mass is 16.2. The first-order valence-electron chi connectivity index (χ1n) is 21.8. The minimum absolute atomic E-state index is 0.00497. The number of nitrogens with one attached hydrogen (secondary N) is 7. The molecule has 2 aromatic rings. The number of carbonyl (C=O) groups is 7. The molecule has 0 aliphatic heterocycles. The van der Waals surface area contributed by atoms with E-state index in [1.165, 1.54) is 0 Å². The number of amides is 6. The molecule has 0 aliphatic rings. The summed E-state index contributed by atoms with van der Waals surface area (Å²) < 4.78 is 0. The number of aromatic nitrogens is 1. The number of rotatable bonds is 29. The van der Waals surface area contributed by atoms with Crippen molar-refractivity contribution in [1.82, 2.24) is 36.9 Å². The number of fused-ring (bicyclic) bond motifs is 1. The summed E-state index contributed by atoms with van der Waals surface area (Å²) in [5, 5.41) is 17.4. The molecule has 8 atom stereocenters. The summed E-state index contributed by atoms with van der Waals surface area (Å²) in [6.45, 7) is 11.5. The zero-order valence-electron chi connectivity index (χ0n) is 37.3. The first-order chi connectivity index (χ1) is 29.5. The second-order valence-corrected chi connectivity index (χ2v) is 16.4. The third kappa shape index (κ3) is 17.4. The summed E-state index contributed by atoms with van der Waals surface area (Å²) in [7, 11) is 0. The number of nitrogens with two attached hydrogens (primary N) is 4. The van der Waals surface area contributed by atoms with Crippen molar-refractivity contribution in [2.75, 3.05) is 19.6 Å². The van der Waals surface area contributed by atoms with E-state index in [0.717, 1.165) is 10.9 Å². The van der Waals surface area contributed by atoms with Gasteiger partial charge in [0.1, 0.15) is 36.5 Å². The number of hydrogen-bond acceptors (Lipinski definition) is 10. The van der Waals surface area contributed by atoms with E-state index in [4.69, 9.17) is 22.9 Å². The predicted octanol–water partition coefficient (Wildman–Crippen LogP) is 0.0977. The van der Waals surface area contributed by atoms with Gasteiger partial charge in [0.2, 0.25) is 35.4 Å². The lowest BCUT2D eigenvalue weighted by molar-refractivity contribution is -0.136. The Morgan fingerprint density at radius 2 is 1.31 bits per heavy atom. The lowest BCUT2D eigenvalue weighted by Crippen LogP contribution is -2.61. The summed E-state index contributed by atoms with van der Waals surface area (Å²) in [4.78, 5) is 101. The Morgan fingerprint density at radius 3 is 1.90 bits per heavy atom. The molecule has 19 nitrogen and oxygen atoms in total. The van der Waals surface area contributed by atoms with Crippen molar-refractivity contribution in [2.24, 2.45) is 45.7 Å². The molecule has 62 heavy (non-hydrogen) atoms. The summed E-state index contributed by atoms with van der Waals surface area (Å²) >= 11 is 0. The molecule has 6 amide bonds. The molecule has 1 aromatic carbocycles. The van der Waals surface area contributed by atoms with Crippen LogP contribution in [0, 0.1) is 17.8 Å². The van der Waals surface area contributed by atoms with Gasteiger partial charge in [0.15, 0.2) is 5.96 Å². The normalized spacial score (nSPS) is 15.1. The second kappa shape index (κ2) is 27.4. The molecule has 0 unspecified atom stereocenters. The minimum atomic E-state index is -1.24. The molecule has 19 heteroatoms. The number of guanidine groups is 1. The fourth-order valence-corrected chi connectivity index (χ4v) is 6.82. The van der Waals surface area contributed by atoms with E-state index in [2.05, 4.69) is 41.9 Å². The molecular weight excluding hydrogens is 797 g/mol. The molecule has 0 bridgehead atoms. The van der Waals surface area contributed by atoms with Gasteiger partial charge in [-0.1, -0.05) is 79.0 Å². The number of para-hydroxylation sites is 1. The standard InChI is InChI=1S/C43H72N12O7/c1-7-26(5)35(41(61)53-33(22-25(3)4)38(58)48-20-21-56)55-42(62)36(27(6)8-2)54-40(60)34(23-28-24-50-31-16-10-9-14-29(28)31)52-39(59)32(17-13-19-49-43(46)47)51-37(57)30(45)15-11-12-18-44/h9-10,14,16,21,24-27,30,32-36,50H,7-8,11-13,15,17-20,22-23,44-45H2,1-6H3,(H,48,58)(H,51,57)(H,52,59)(H,53,61)(H,54,60)(H,55,62)(H4,46,47,49)/t26-,27-,30-,32-,33-,34-,35-,36-/m0/s1. The molecule has 0 saturated carbocycles. The van der Waals surface area contributed by atoms with E-state index in [0.29, 0.717) is 56.9 Å². The quantitative estimate of drug-likeness (QED) is 0.0225. The van der Waals surface area contributed by atoms with E-state index in [-0.39, 0.29) is 50.1 Å². The van der Waals surface area contributed by atoms with E-state index in [9.17, 15) is 33.6 Å². The topological polar surface area (TPSA) is 324 Å². The number of aromatic amines is 1. The van der Waals surface area contributed by atoms with Crippen LogP contribution in [0.15, 0.2) is 35.5 Å². The fourth-order valence-electron chi connectivity index (χ4n) is 6.82. The van der Waals surface area contributed by atoms with Crippen molar-refractivity contribution >= 4 is 58.6 Å². The number of unbranched alkanes of at least 4 members (excludes halogenated alkanes) is 1. The van der Waals surface area contributed by atoms with Crippen LogP contribution < -0.4 is 54.8 Å². The molecular formula is C43H72N12O7. The molecule has 1 aromatic heterocycles. The van der Waals surface area contributed by atoms with E-state index in [1.807, 2.05) is 52.0 Å². The zero-order valence-corrected chi connectivity index (χ0v) is 37.3. The van der Waals surface area contributed by atoms with Crippen molar-refractivity contribution < 1.29 is 33.6 Å². The summed E-state index contributed by atoms with van der Waals surface area (Å²) in [6, 6.07) is 0.988. The van der Waals surface area contributed by atoms with Crippen molar-refractivity contribution in [3.63, 3.8) is 0 Å². The van der Waals surface area contributed by atoms with Gasteiger partial charge in [-0.05, 0) is 68.0 Å². The predicted molar refractivity (Wildman–Crippen MR) is 240 cm³/mol. The summed E-state index contributed by atoms with van der Waals surface area (Å²) in [5.41, 5.74) is 24.3. The Balaban J connectivity index is 2.49. The third-order valence-electron chi connectivity index (χ3n) is 10.9. The van der Waals surface area contributed by atoms with Gasteiger partial charge in [-0.3, -0.25) is 33.8 Å². The average molecular weight is 869 g/mol. The van der Waals surface area contributed by atoms with Gasteiger partial charge in [0.25, 0.3) is 0 Å². The summed E-state index contributed by atoms with van der Waals surface area (Å²) in [6.07, 6.45) is 5.59. The maximum absolute atomic E-state index is 14.5. The van der Waals surface area contributed by atoms with Gasteiger partial charge in [0, 0.05) is 30.1 Å². The van der Waals surface area contributed by atoms with Crippen LogP contribution in [0.3, 0.4) is 0 Å². The smallest absolute Gasteiger partial charge is 0.243 e. The highest BCUT2D eigenvalue weighted by molar-refractivity contribution is 5.97. The van der Waals surface area contributed by atoms with Gasteiger partial charge in [-0.25, -0.2) is 0 Å². The second-order valence-electron chi connectivity index (χ2n) is 16.4. The third-order valence-corrected chi connectivity index (χ3v) is 10.9. The first kappa shape index (κ1) is 52.6. The van der Waals surface area contributed by atoms with Crippen LogP contribution in [0.5, 0.6) is 0 Å². The Hall–Kier alpha value is -5.56. The SMILES string of the molecule is CC[C@H](C)[C@H](NC(=O)[C@H](Cc1c[nH]c2ccccc12)NC(=O)[C@H](CCCN=C(N)N)NC(=O)[C@@H](N)CCCCN)C(=O)N[C@H](C(=O)N[C@@H](CC(C)C)C(=O)NCC=O)[C@@H](C)CC. The van der Waals surface area contributed by atoms with Crippen molar-refractivity contribution in [3.05, 3.63) is 36.0 Å². The average Bonchev–Trinajstić information content (AvgIpc) is 3.65. The number of nitrogens with zero attached hydrogens (tertiary/aromatic N) is 1. The highest BCUT2D eigenvalue weighted by Gasteiger charge is 2.36. The number of aliphatic imine (C=N–C) groups is 1. The zero-order chi connectivity index (χ0) is 46.4. The summed E-state index contributed by atoms with van der Waals surface area (Å²) in [5.74, 6) is -4.57. The number of carbonyl (C=O) groups excluding carboxylic acids is 7. The minimum Gasteiger partial charge on any atom is -0.370 e. The van der Waals surface area contributed by atoms with E-state index < -0.39 is 77.6 Å². The van der Waals surface area contributed by atoms with Gasteiger partial charge < -0.3 is 64.6 Å². The van der Waals surface area contributed by atoms with Crippen molar-refractivity contribution in [1.29, 1.82) is 0 Å². The molecule has 0 fully saturated rings. The lowest BCUT2D eigenvalue weighted by Gasteiger charge is -2.31. The largest absolute Gasteiger partial charge is 0.370 e. The maximum Gasteiger partial charge on any atom is 0.243 e. The number of hydrogen-bond donors (Lipinski definition) is 11. The molecule has 15 N–H and O–H groups in total. The van der Waals surface area contributed by atoms with Crippen LogP contribution in [0.25, 0.3) is 10.9 Å². The van der Waals surface area contributed by atoms with Crippen molar-refractivity contribution in [2.45, 2.75) is 136 Å². The van der Waals surface area contributed by atoms with Crippen LogP contribution in [0.1, 0.15) is 98.5 Å². The first-order valence-corrected chi connectivity index (χ1v) is 21.8. The molecule has 0 aliphatic carbocycles. The van der Waals surface area contributed by atoms with Crippen LogP contribution in [-0.4, -0.2) is 109 Å². The van der Waals surface area contributed by atoms with Gasteiger partial charge in [0.05, 0.1) is 12.6 Å². The number of benzene rings is 1. The number of H-pyrrole nitrogens is 1.